The maximum atomic E-state index is 15.6. The van der Waals surface area contributed by atoms with Crippen molar-refractivity contribution in [1.82, 2.24) is 10.6 Å². The molecule has 10 nitrogen and oxygen atoms in total. The summed E-state index contributed by atoms with van der Waals surface area (Å²) in [5, 5.41) is 4.22. The second-order valence-electron chi connectivity index (χ2n) is 12.1. The smallest absolute Gasteiger partial charge is 0.418 e. The molecule has 1 heterocycles. The molecule has 0 bridgehead atoms. The zero-order valence-corrected chi connectivity index (χ0v) is 28.1. The SMILES string of the molecule is COC(=O)C1=C(CF)NC(COCCNC(=O)c2ccccc2C(=O)OC2CCC2)=C(C(=O)OC2CCC2)C1c1c(F)ccc(Cl)c1C(F)(F)F. The third kappa shape index (κ3) is 8.36. The Kier molecular flexibility index (Phi) is 12.0. The van der Waals surface area contributed by atoms with Gasteiger partial charge in [0.2, 0.25) is 0 Å². The van der Waals surface area contributed by atoms with Gasteiger partial charge in [-0.25, -0.2) is 23.2 Å². The topological polar surface area (TPSA) is 129 Å². The van der Waals surface area contributed by atoms with E-state index >= 15 is 4.39 Å². The van der Waals surface area contributed by atoms with Crippen molar-refractivity contribution in [2.75, 3.05) is 33.5 Å². The molecule has 0 radical (unpaired) electrons. The Hall–Kier alpha value is -4.50. The first-order valence-corrected chi connectivity index (χ1v) is 16.5. The fourth-order valence-electron chi connectivity index (χ4n) is 5.82. The van der Waals surface area contributed by atoms with Crippen molar-refractivity contribution in [3.8, 4) is 0 Å². The summed E-state index contributed by atoms with van der Waals surface area (Å²) in [6, 6.07) is 7.36. The predicted molar refractivity (Wildman–Crippen MR) is 171 cm³/mol. The molecule has 2 aliphatic carbocycles. The highest BCUT2D eigenvalue weighted by Crippen LogP contribution is 2.48. The minimum Gasteiger partial charge on any atom is -0.466 e. The maximum Gasteiger partial charge on any atom is 0.418 e. The van der Waals surface area contributed by atoms with Crippen LogP contribution in [-0.4, -0.2) is 69.6 Å². The number of methoxy groups -OCH3 is 1. The molecule has 0 aromatic heterocycles. The lowest BCUT2D eigenvalue weighted by molar-refractivity contribution is -0.149. The van der Waals surface area contributed by atoms with Crippen LogP contribution in [0.3, 0.4) is 0 Å². The van der Waals surface area contributed by atoms with Crippen LogP contribution in [0.1, 0.15) is 76.3 Å². The van der Waals surface area contributed by atoms with Crippen LogP contribution in [0.4, 0.5) is 22.0 Å². The Morgan fingerprint density at radius 2 is 1.49 bits per heavy atom. The summed E-state index contributed by atoms with van der Waals surface area (Å²) in [5.74, 6) is -7.45. The summed E-state index contributed by atoms with van der Waals surface area (Å²) in [5.41, 5.74) is -5.11. The number of hydrogen-bond donors (Lipinski definition) is 2. The Morgan fingerprint density at radius 3 is 2.06 bits per heavy atom. The second-order valence-corrected chi connectivity index (χ2v) is 12.5. The quantitative estimate of drug-likeness (QED) is 0.109. The van der Waals surface area contributed by atoms with Gasteiger partial charge in [0.25, 0.3) is 5.91 Å². The number of halogens is 6. The van der Waals surface area contributed by atoms with Crippen molar-refractivity contribution < 1.29 is 60.1 Å². The summed E-state index contributed by atoms with van der Waals surface area (Å²) < 4.78 is 94.9. The van der Waals surface area contributed by atoms with Gasteiger partial charge in [-0.15, -0.1) is 0 Å². The number of nitrogens with one attached hydrogen (secondary N) is 2. The molecule has 2 saturated carbocycles. The van der Waals surface area contributed by atoms with Crippen LogP contribution < -0.4 is 10.6 Å². The van der Waals surface area contributed by atoms with Crippen LogP contribution in [-0.2, 0) is 34.7 Å². The summed E-state index contributed by atoms with van der Waals surface area (Å²) in [6.45, 7) is -2.46. The van der Waals surface area contributed by atoms with Crippen LogP contribution in [0.15, 0.2) is 58.9 Å². The van der Waals surface area contributed by atoms with Crippen LogP contribution in [0.5, 0.6) is 0 Å². The number of rotatable bonds is 13. The molecule has 274 valence electrons. The highest BCUT2D eigenvalue weighted by molar-refractivity contribution is 6.31. The summed E-state index contributed by atoms with van der Waals surface area (Å²) in [6.07, 6.45) is -2.02. The minimum atomic E-state index is -5.28. The molecule has 2 aromatic carbocycles. The lowest BCUT2D eigenvalue weighted by Gasteiger charge is -2.34. The highest BCUT2D eigenvalue weighted by Gasteiger charge is 2.47. The van der Waals surface area contributed by atoms with Crippen LogP contribution in [0.2, 0.25) is 5.02 Å². The van der Waals surface area contributed by atoms with Crippen LogP contribution in [0.25, 0.3) is 0 Å². The highest BCUT2D eigenvalue weighted by atomic mass is 35.5. The van der Waals surface area contributed by atoms with E-state index in [9.17, 15) is 36.7 Å². The van der Waals surface area contributed by atoms with Gasteiger partial charge in [0, 0.05) is 12.1 Å². The van der Waals surface area contributed by atoms with Crippen molar-refractivity contribution in [1.29, 1.82) is 0 Å². The van der Waals surface area contributed by atoms with Gasteiger partial charge in [-0.05, 0) is 62.8 Å². The standard InChI is InChI=1S/C35H34ClF5N2O8/c1-48-33(46)27-24(16-37)43-25(17-49-15-14-42-31(44)20-10-2-3-11-21(20)32(45)50-18-6-4-7-18)28(34(47)51-19-8-5-9-19)29(27)26-23(38)13-12-22(36)30(26)35(39,40)41/h2-3,10-13,18-19,29,43H,4-9,14-17H2,1H3,(H,42,44). The monoisotopic (exact) mass is 740 g/mol. The normalized spacial score (nSPS) is 18.0. The molecular weight excluding hydrogens is 707 g/mol. The molecule has 2 N–H and O–H groups in total. The van der Waals surface area contributed by atoms with Crippen molar-refractivity contribution in [2.24, 2.45) is 0 Å². The van der Waals surface area contributed by atoms with Crippen molar-refractivity contribution in [2.45, 2.75) is 62.8 Å². The van der Waals surface area contributed by atoms with E-state index in [-0.39, 0.29) is 36.1 Å². The molecule has 3 aliphatic rings. The molecule has 1 unspecified atom stereocenters. The second kappa shape index (κ2) is 16.2. The van der Waals surface area contributed by atoms with Gasteiger partial charge in [0.15, 0.2) is 0 Å². The zero-order chi connectivity index (χ0) is 36.9. The van der Waals surface area contributed by atoms with E-state index in [1.807, 2.05) is 0 Å². The van der Waals surface area contributed by atoms with E-state index in [1.165, 1.54) is 12.1 Å². The first-order valence-electron chi connectivity index (χ1n) is 16.1. The van der Waals surface area contributed by atoms with E-state index in [4.69, 9.17) is 30.5 Å². The van der Waals surface area contributed by atoms with Gasteiger partial charge in [-0.3, -0.25) is 4.79 Å². The molecule has 1 aliphatic heterocycles. The third-order valence-corrected chi connectivity index (χ3v) is 9.14. The molecule has 0 saturated heterocycles. The number of dihydropyridines is 1. The molecule has 2 aromatic rings. The number of hydrogen-bond acceptors (Lipinski definition) is 9. The molecule has 5 rings (SSSR count). The van der Waals surface area contributed by atoms with Gasteiger partial charge < -0.3 is 29.6 Å². The summed E-state index contributed by atoms with van der Waals surface area (Å²) >= 11 is 5.94. The predicted octanol–water partition coefficient (Wildman–Crippen LogP) is 6.09. The Bertz CT molecular complexity index is 1750. The van der Waals surface area contributed by atoms with E-state index in [1.54, 1.807) is 12.1 Å². The molecule has 16 heteroatoms. The lowest BCUT2D eigenvalue weighted by atomic mass is 9.77. The van der Waals surface area contributed by atoms with Gasteiger partial charge in [-0.2, -0.15) is 13.2 Å². The fourth-order valence-corrected chi connectivity index (χ4v) is 6.09. The average molecular weight is 741 g/mol. The molecule has 1 atom stereocenters. The van der Waals surface area contributed by atoms with Gasteiger partial charge in [-0.1, -0.05) is 23.7 Å². The van der Waals surface area contributed by atoms with E-state index in [0.29, 0.717) is 31.4 Å². The van der Waals surface area contributed by atoms with E-state index < -0.39 is 94.1 Å². The number of benzene rings is 2. The number of ether oxygens (including phenoxy) is 4. The number of carbonyl (C=O) groups excluding carboxylic acids is 4. The number of carbonyl (C=O) groups is 4. The molecular formula is C35H34ClF5N2O8. The molecule has 51 heavy (non-hydrogen) atoms. The van der Waals surface area contributed by atoms with Crippen LogP contribution in [0, 0.1) is 5.82 Å². The fraction of sp³-hybridized carbons (Fsp3) is 0.429. The van der Waals surface area contributed by atoms with E-state index in [0.717, 1.165) is 26.4 Å². The average Bonchev–Trinajstić information content (AvgIpc) is 3.06. The Balaban J connectivity index is 1.43. The van der Waals surface area contributed by atoms with Crippen molar-refractivity contribution in [3.63, 3.8) is 0 Å². The van der Waals surface area contributed by atoms with Crippen molar-refractivity contribution >= 4 is 35.4 Å². The lowest BCUT2D eigenvalue weighted by Crippen LogP contribution is -2.38. The van der Waals surface area contributed by atoms with E-state index in [2.05, 4.69) is 10.6 Å². The zero-order valence-electron chi connectivity index (χ0n) is 27.3. The van der Waals surface area contributed by atoms with Gasteiger partial charge >= 0.3 is 24.1 Å². The number of amides is 1. The Labute approximate surface area is 294 Å². The molecule has 2 fully saturated rings. The summed E-state index contributed by atoms with van der Waals surface area (Å²) in [4.78, 5) is 52.4. The van der Waals surface area contributed by atoms with Gasteiger partial charge in [0.1, 0.15) is 24.7 Å². The van der Waals surface area contributed by atoms with Gasteiger partial charge in [0.05, 0.1) is 70.5 Å². The van der Waals surface area contributed by atoms with Crippen LogP contribution >= 0.6 is 11.6 Å². The number of esters is 3. The third-order valence-electron chi connectivity index (χ3n) is 8.82. The maximum absolute atomic E-state index is 15.6. The first-order chi connectivity index (χ1) is 24.3. The Morgan fingerprint density at radius 1 is 0.882 bits per heavy atom. The molecule has 0 spiro atoms. The minimum absolute atomic E-state index is 0.0550. The van der Waals surface area contributed by atoms with Crippen molar-refractivity contribution in [3.05, 3.63) is 92.0 Å². The largest absolute Gasteiger partial charge is 0.466 e. The summed E-state index contributed by atoms with van der Waals surface area (Å²) in [7, 11) is 0.889. The first kappa shape index (κ1) is 37.7. The molecule has 1 amide bonds. The number of alkyl halides is 4. The number of allylic oxidation sites excluding steroid dienone is 1.